The largest absolute Gasteiger partial charge is 0.394 e. The van der Waals surface area contributed by atoms with Gasteiger partial charge in [-0.2, -0.15) is 0 Å². The smallest absolute Gasteiger partial charge is 0.202 e. The monoisotopic (exact) mass is 598 g/mol. The molecule has 2 aliphatic carbocycles. The Bertz CT molecular complexity index is 927. The summed E-state index contributed by atoms with van der Waals surface area (Å²) >= 11 is 0. The van der Waals surface area contributed by atoms with Crippen molar-refractivity contribution in [1.82, 2.24) is 31.9 Å². The fraction of sp³-hybridized carbons (Fsp3) is 0.793. The Kier molecular flexibility index (Phi) is 12.9. The van der Waals surface area contributed by atoms with E-state index in [2.05, 4.69) is 31.9 Å². The standard InChI is InChI=1S/C29H51FN6O6/c1-17-2-7-23(30)24(10-17)36-29(41)35-19-3-5-21(6-4-19)42-22-8-9-31-26(12-22)25-11-18(13-32-25)28(40)34-15-27(39)33-14-20(38)16-37/h3,8-10,17-18,20-23,25-29,31-41H,2,4-7,11-16H2,1H3/t17?,18?,20?,21-,22?,23+,25?,26?,27+,28?,29?/m1/s1. The van der Waals surface area contributed by atoms with Gasteiger partial charge in [-0.25, -0.2) is 4.39 Å². The van der Waals surface area contributed by atoms with E-state index < -0.39 is 31.1 Å². The maximum atomic E-state index is 14.2. The molecule has 0 saturated carbocycles. The summed E-state index contributed by atoms with van der Waals surface area (Å²) in [6.45, 7) is 2.47. The van der Waals surface area contributed by atoms with Gasteiger partial charge < -0.3 is 51.5 Å². The van der Waals surface area contributed by atoms with Crippen LogP contribution in [0.25, 0.3) is 0 Å². The van der Waals surface area contributed by atoms with Crippen molar-refractivity contribution in [3.8, 4) is 0 Å². The van der Waals surface area contributed by atoms with Gasteiger partial charge in [0.25, 0.3) is 0 Å². The molecule has 0 radical (unpaired) electrons. The normalized spacial score (nSPS) is 34.5. The van der Waals surface area contributed by atoms with Crippen molar-refractivity contribution in [2.45, 2.75) is 107 Å². The molecule has 0 amide bonds. The lowest BCUT2D eigenvalue weighted by atomic mass is 9.93. The Morgan fingerprint density at radius 2 is 1.88 bits per heavy atom. The van der Waals surface area contributed by atoms with Crippen LogP contribution in [-0.4, -0.2) is 107 Å². The first-order chi connectivity index (χ1) is 20.2. The lowest BCUT2D eigenvalue weighted by Crippen LogP contribution is -2.48. The fourth-order valence-corrected chi connectivity index (χ4v) is 6.09. The summed E-state index contributed by atoms with van der Waals surface area (Å²) in [4.78, 5) is 0. The summed E-state index contributed by atoms with van der Waals surface area (Å²) in [6, 6.07) is 0.311. The van der Waals surface area contributed by atoms with Gasteiger partial charge >= 0.3 is 0 Å². The van der Waals surface area contributed by atoms with Crippen LogP contribution < -0.4 is 31.9 Å². The van der Waals surface area contributed by atoms with E-state index in [1.54, 1.807) is 0 Å². The maximum Gasteiger partial charge on any atom is 0.202 e. The number of aliphatic hydroxyl groups excluding tert-OH is 5. The molecule has 2 heterocycles. The van der Waals surface area contributed by atoms with Crippen LogP contribution >= 0.6 is 0 Å². The van der Waals surface area contributed by atoms with Crippen molar-refractivity contribution in [2.24, 2.45) is 11.8 Å². The number of hydrogen-bond acceptors (Lipinski definition) is 12. The molecule has 240 valence electrons. The molecular weight excluding hydrogens is 547 g/mol. The van der Waals surface area contributed by atoms with E-state index in [1.807, 2.05) is 31.4 Å². The molecule has 4 aliphatic rings. The first-order valence-electron chi connectivity index (χ1n) is 15.4. The molecule has 0 spiro atoms. The quantitative estimate of drug-likeness (QED) is 0.103. The topological polar surface area (TPSA) is 183 Å². The predicted octanol–water partition coefficient (Wildman–Crippen LogP) is -1.06. The van der Waals surface area contributed by atoms with E-state index in [1.165, 1.54) is 0 Å². The minimum Gasteiger partial charge on any atom is -0.394 e. The molecule has 11 atom stereocenters. The van der Waals surface area contributed by atoms with E-state index in [0.29, 0.717) is 24.6 Å². The molecule has 1 saturated heterocycles. The van der Waals surface area contributed by atoms with Crippen molar-refractivity contribution < 1.29 is 34.7 Å². The van der Waals surface area contributed by atoms with Crippen LogP contribution in [0.2, 0.25) is 0 Å². The molecule has 2 aliphatic heterocycles. The van der Waals surface area contributed by atoms with Gasteiger partial charge in [-0.15, -0.1) is 0 Å². The Labute approximate surface area is 247 Å². The summed E-state index contributed by atoms with van der Waals surface area (Å²) in [5.41, 5.74) is 1.38. The van der Waals surface area contributed by atoms with E-state index in [9.17, 15) is 24.8 Å². The average Bonchev–Trinajstić information content (AvgIpc) is 3.48. The number of nitrogens with one attached hydrogen (secondary N) is 6. The Hall–Kier alpha value is -1.81. The molecule has 0 aromatic carbocycles. The Morgan fingerprint density at radius 1 is 1.05 bits per heavy atom. The van der Waals surface area contributed by atoms with Gasteiger partial charge in [0.2, 0.25) is 6.35 Å². The van der Waals surface area contributed by atoms with Crippen LogP contribution in [0.1, 0.15) is 51.9 Å². The third-order valence-corrected chi connectivity index (χ3v) is 8.59. The summed E-state index contributed by atoms with van der Waals surface area (Å²) in [5.74, 6) is 0.273. The van der Waals surface area contributed by atoms with Crippen LogP contribution in [0.3, 0.4) is 0 Å². The molecule has 12 nitrogen and oxygen atoms in total. The molecule has 0 aromatic rings. The molecule has 0 aromatic heterocycles. The predicted molar refractivity (Wildman–Crippen MR) is 156 cm³/mol. The fourth-order valence-electron chi connectivity index (χ4n) is 6.09. The van der Waals surface area contributed by atoms with Crippen molar-refractivity contribution in [3.05, 3.63) is 35.8 Å². The lowest BCUT2D eigenvalue weighted by Gasteiger charge is -2.34. The molecule has 8 unspecified atom stereocenters. The second-order valence-electron chi connectivity index (χ2n) is 12.1. The van der Waals surface area contributed by atoms with Gasteiger partial charge in [0, 0.05) is 49.0 Å². The number of rotatable bonds is 15. The SMILES string of the molecule is CC1C=C(NC(O)NC2=CC[C@@H](OC3C=CNC(C4CC(C(O)NC[C@H](O)NCC(O)CO)CN4)C3)CC2)[C@@H](F)CC1. The van der Waals surface area contributed by atoms with Crippen LogP contribution in [0, 0.1) is 11.8 Å². The maximum absolute atomic E-state index is 14.2. The third-order valence-electron chi connectivity index (χ3n) is 8.59. The van der Waals surface area contributed by atoms with Gasteiger partial charge in [-0.05, 0) is 63.1 Å². The molecule has 4 rings (SSSR count). The summed E-state index contributed by atoms with van der Waals surface area (Å²) in [7, 11) is 0. The highest BCUT2D eigenvalue weighted by molar-refractivity contribution is 5.13. The van der Waals surface area contributed by atoms with E-state index in [-0.39, 0.29) is 49.9 Å². The van der Waals surface area contributed by atoms with E-state index in [0.717, 1.165) is 44.2 Å². The first-order valence-corrected chi connectivity index (χ1v) is 15.4. The highest BCUT2D eigenvalue weighted by Crippen LogP contribution is 2.27. The van der Waals surface area contributed by atoms with E-state index in [4.69, 9.17) is 9.84 Å². The zero-order chi connectivity index (χ0) is 30.1. The van der Waals surface area contributed by atoms with Crippen molar-refractivity contribution in [1.29, 1.82) is 0 Å². The number of aliphatic hydroxyl groups is 5. The summed E-state index contributed by atoms with van der Waals surface area (Å²) in [6.07, 6.45) is 8.26. The second kappa shape index (κ2) is 16.3. The number of halogens is 1. The van der Waals surface area contributed by atoms with Crippen LogP contribution in [0.15, 0.2) is 35.8 Å². The van der Waals surface area contributed by atoms with Gasteiger partial charge in [-0.1, -0.05) is 19.1 Å². The Morgan fingerprint density at radius 3 is 2.64 bits per heavy atom. The number of hydrogen-bond donors (Lipinski definition) is 11. The molecule has 0 bridgehead atoms. The third kappa shape index (κ3) is 10.1. The highest BCUT2D eigenvalue weighted by Gasteiger charge is 2.36. The van der Waals surface area contributed by atoms with Gasteiger partial charge in [-0.3, -0.25) is 10.6 Å². The van der Waals surface area contributed by atoms with Crippen molar-refractivity contribution in [2.75, 3.05) is 26.2 Å². The molecule has 13 heteroatoms. The van der Waals surface area contributed by atoms with Crippen LogP contribution in [0.5, 0.6) is 0 Å². The van der Waals surface area contributed by atoms with Gasteiger partial charge in [0.05, 0.1) is 24.9 Å². The van der Waals surface area contributed by atoms with Gasteiger partial charge in [0.15, 0.2) is 0 Å². The van der Waals surface area contributed by atoms with Crippen molar-refractivity contribution in [3.63, 3.8) is 0 Å². The molecule has 11 N–H and O–H groups in total. The minimum atomic E-state index is -1.06. The second-order valence-corrected chi connectivity index (χ2v) is 12.1. The minimum absolute atomic E-state index is 0.0230. The number of alkyl halides is 1. The summed E-state index contributed by atoms with van der Waals surface area (Å²) in [5, 5.41) is 67.7. The Balaban J connectivity index is 1.15. The molecule has 1 fully saturated rings. The highest BCUT2D eigenvalue weighted by atomic mass is 19.1. The summed E-state index contributed by atoms with van der Waals surface area (Å²) < 4.78 is 20.6. The zero-order valence-electron chi connectivity index (χ0n) is 24.5. The molecular formula is C29H51FN6O6. The van der Waals surface area contributed by atoms with Gasteiger partial charge in [0.1, 0.15) is 18.6 Å². The molecule has 42 heavy (non-hydrogen) atoms. The number of ether oxygens (including phenoxy) is 1. The van der Waals surface area contributed by atoms with Crippen LogP contribution in [0.4, 0.5) is 4.39 Å². The number of allylic oxidation sites excluding steroid dienone is 3. The van der Waals surface area contributed by atoms with Crippen LogP contribution in [-0.2, 0) is 4.74 Å². The average molecular weight is 599 g/mol. The first kappa shape index (κ1) is 33.1. The van der Waals surface area contributed by atoms with E-state index >= 15 is 0 Å². The van der Waals surface area contributed by atoms with Crippen molar-refractivity contribution >= 4 is 0 Å². The zero-order valence-corrected chi connectivity index (χ0v) is 24.5. The lowest BCUT2D eigenvalue weighted by molar-refractivity contribution is -0.00585.